The molecule has 70 heavy (non-hydrogen) atoms. The fourth-order valence-electron chi connectivity index (χ4n) is 9.15. The monoisotopic (exact) mass is 904 g/mol. The molecule has 0 atom stereocenters. The molecule has 0 saturated carbocycles. The molecule has 8 nitrogen and oxygen atoms in total. The average Bonchev–Trinajstić information content (AvgIpc) is 3.53. The summed E-state index contributed by atoms with van der Waals surface area (Å²) in [5.41, 5.74) is 18.9. The smallest absolute Gasteiger partial charge is 0.233 e. The van der Waals surface area contributed by atoms with Crippen LogP contribution in [0, 0.1) is 0 Å². The van der Waals surface area contributed by atoms with E-state index in [0.717, 1.165) is 72.1 Å². The summed E-state index contributed by atoms with van der Waals surface area (Å²) in [7, 11) is 2.02. The molecule has 0 bridgehead atoms. The van der Waals surface area contributed by atoms with Gasteiger partial charge in [0.1, 0.15) is 5.84 Å². The molecule has 1 aliphatic carbocycles. The van der Waals surface area contributed by atoms with Crippen LogP contribution < -0.4 is 10.6 Å². The van der Waals surface area contributed by atoms with Gasteiger partial charge >= 0.3 is 0 Å². The number of aromatic nitrogens is 4. The zero-order valence-electron chi connectivity index (χ0n) is 38.6. The van der Waals surface area contributed by atoms with Crippen molar-refractivity contribution in [1.29, 1.82) is 0 Å². The van der Waals surface area contributed by atoms with E-state index in [1.165, 1.54) is 5.56 Å². The van der Waals surface area contributed by atoms with E-state index in [1.807, 2.05) is 98.0 Å². The maximum Gasteiger partial charge on any atom is 0.233 e. The van der Waals surface area contributed by atoms with Crippen molar-refractivity contribution in [1.82, 2.24) is 19.5 Å². The highest BCUT2D eigenvalue weighted by Crippen LogP contribution is 2.39. The van der Waals surface area contributed by atoms with Gasteiger partial charge in [-0.05, 0) is 65.2 Å². The molecule has 8 aromatic carbocycles. The molecule has 0 fully saturated rings. The first kappa shape index (κ1) is 43.3. The van der Waals surface area contributed by atoms with Crippen molar-refractivity contribution in [3.05, 3.63) is 265 Å². The van der Waals surface area contributed by atoms with Crippen LogP contribution >= 0.6 is 0 Å². The maximum atomic E-state index is 6.69. The molecule has 10 aromatic rings. The van der Waals surface area contributed by atoms with Crippen molar-refractivity contribution < 1.29 is 0 Å². The minimum absolute atomic E-state index is 0.143. The zero-order valence-corrected chi connectivity index (χ0v) is 38.6. The Morgan fingerprint density at radius 1 is 0.543 bits per heavy atom. The molecule has 0 aliphatic heterocycles. The topological polar surface area (TPSA) is 97.6 Å². The number of amidine groups is 2. The van der Waals surface area contributed by atoms with Gasteiger partial charge in [0.05, 0.1) is 23.3 Å². The number of anilines is 2. The summed E-state index contributed by atoms with van der Waals surface area (Å²) in [5, 5.41) is 2.30. The van der Waals surface area contributed by atoms with Gasteiger partial charge in [-0.1, -0.05) is 194 Å². The first-order valence-electron chi connectivity index (χ1n) is 23.4. The fourth-order valence-corrected chi connectivity index (χ4v) is 9.15. The summed E-state index contributed by atoms with van der Waals surface area (Å²) in [6.45, 7) is 0.442. The van der Waals surface area contributed by atoms with E-state index in [1.54, 1.807) is 0 Å². The molecule has 2 aromatic heterocycles. The van der Waals surface area contributed by atoms with Crippen LogP contribution in [-0.4, -0.2) is 38.2 Å². The Hall–Kier alpha value is -9.27. The molecule has 11 rings (SSSR count). The fraction of sp³-hybridized carbons (Fsp3) is 0.0484. The predicted octanol–water partition coefficient (Wildman–Crippen LogP) is 13.9. The third-order valence-corrected chi connectivity index (χ3v) is 12.7. The van der Waals surface area contributed by atoms with Gasteiger partial charge in [-0.3, -0.25) is 4.99 Å². The van der Waals surface area contributed by atoms with Gasteiger partial charge in [-0.2, -0.15) is 9.97 Å². The molecule has 0 unspecified atom stereocenters. The van der Waals surface area contributed by atoms with E-state index in [-0.39, 0.29) is 5.92 Å². The minimum atomic E-state index is 0.143. The van der Waals surface area contributed by atoms with Gasteiger partial charge in [0.15, 0.2) is 17.5 Å². The summed E-state index contributed by atoms with van der Waals surface area (Å²) in [4.78, 5) is 27.2. The second kappa shape index (κ2) is 19.5. The largest absolute Gasteiger partial charge is 0.383 e. The number of benzene rings is 8. The Morgan fingerprint density at radius 3 is 1.86 bits per heavy atom. The van der Waals surface area contributed by atoms with Crippen molar-refractivity contribution in [2.75, 3.05) is 11.9 Å². The highest BCUT2D eigenvalue weighted by Gasteiger charge is 2.20. The number of allylic oxidation sites excluding steroid dienone is 6. The van der Waals surface area contributed by atoms with Crippen LogP contribution in [0.15, 0.2) is 253 Å². The van der Waals surface area contributed by atoms with Crippen LogP contribution in [0.5, 0.6) is 0 Å². The molecule has 336 valence electrons. The van der Waals surface area contributed by atoms with Crippen LogP contribution in [0.3, 0.4) is 0 Å². The van der Waals surface area contributed by atoms with Crippen molar-refractivity contribution in [2.45, 2.75) is 12.5 Å². The van der Waals surface area contributed by atoms with Gasteiger partial charge in [-0.25, -0.2) is 9.98 Å². The van der Waals surface area contributed by atoms with Crippen molar-refractivity contribution >= 4 is 45.1 Å². The predicted molar refractivity (Wildman–Crippen MR) is 289 cm³/mol. The van der Waals surface area contributed by atoms with Gasteiger partial charge < -0.3 is 15.2 Å². The van der Waals surface area contributed by atoms with Crippen LogP contribution in [0.25, 0.3) is 61.4 Å². The van der Waals surface area contributed by atoms with E-state index < -0.39 is 0 Å². The highest BCUT2D eigenvalue weighted by atomic mass is 15.3. The number of hydrogen-bond donors (Lipinski definition) is 1. The molecular formula is C62H48N8. The SMILES string of the molecule is CN(c1nc(-c2ccccc2)nc(-c2ccccc2)n1)c1ccccc1-c1ccc2c(c1)c1ccccc1n2-c1ccc(C(N=C(N)c2ccccc2)=NCc2ccccc2C2C=CC=CC=C2)cc1. The Morgan fingerprint density at radius 2 is 1.14 bits per heavy atom. The number of rotatable bonds is 11. The lowest BCUT2D eigenvalue weighted by atomic mass is 9.93. The lowest BCUT2D eigenvalue weighted by Gasteiger charge is -2.22. The van der Waals surface area contributed by atoms with E-state index in [2.05, 4.69) is 161 Å². The number of para-hydroxylation sites is 2. The molecule has 8 heteroatoms. The number of nitrogens with two attached hydrogens (primary N) is 1. The number of aliphatic imine (C=N–C) groups is 2. The Kier molecular flexibility index (Phi) is 12.1. The van der Waals surface area contributed by atoms with E-state index in [0.29, 0.717) is 35.8 Å². The maximum absolute atomic E-state index is 6.69. The second-order valence-corrected chi connectivity index (χ2v) is 17.1. The third-order valence-electron chi connectivity index (χ3n) is 12.7. The van der Waals surface area contributed by atoms with Crippen molar-refractivity contribution in [2.24, 2.45) is 15.7 Å². The average molecular weight is 905 g/mol. The van der Waals surface area contributed by atoms with Crippen LogP contribution in [-0.2, 0) is 6.54 Å². The van der Waals surface area contributed by atoms with Gasteiger partial charge in [0.2, 0.25) is 5.95 Å². The molecule has 0 spiro atoms. The summed E-state index contributed by atoms with van der Waals surface area (Å²) >= 11 is 0. The Balaban J connectivity index is 0.958. The number of fused-ring (bicyclic) bond motifs is 3. The zero-order chi connectivity index (χ0) is 47.2. The second-order valence-electron chi connectivity index (χ2n) is 17.1. The summed E-state index contributed by atoms with van der Waals surface area (Å²) in [5.74, 6) is 2.90. The number of hydrogen-bond acceptors (Lipinski definition) is 5. The van der Waals surface area contributed by atoms with E-state index in [4.69, 9.17) is 30.7 Å². The van der Waals surface area contributed by atoms with Gasteiger partial charge in [-0.15, -0.1) is 0 Å². The minimum Gasteiger partial charge on any atom is -0.383 e. The molecule has 0 amide bonds. The van der Waals surface area contributed by atoms with E-state index in [9.17, 15) is 0 Å². The standard InChI is InChI=1S/C62H48N8/c1-69(62-67-60(45-25-11-5-12-26-45)66-61(68-62)46-27-13-6-14-28-46)55-33-19-17-31-52(55)48-37-40-57-54(41-48)53-32-18-20-34-56(53)70(57)50-38-35-47(36-39-50)59(65-58(63)44-23-9-4-10-24-44)64-42-49-29-15-16-30-51(49)43-21-7-2-3-8-22-43/h2-41,43H,42H2,1H3,(H2,63,64,65). The summed E-state index contributed by atoms with van der Waals surface area (Å²) < 4.78 is 2.33. The van der Waals surface area contributed by atoms with Gasteiger partial charge in [0.25, 0.3) is 0 Å². The first-order chi connectivity index (χ1) is 34.6. The van der Waals surface area contributed by atoms with Gasteiger partial charge in [0, 0.05) is 57.2 Å². The van der Waals surface area contributed by atoms with E-state index >= 15 is 0 Å². The lowest BCUT2D eigenvalue weighted by molar-refractivity contribution is 0.979. The lowest BCUT2D eigenvalue weighted by Crippen LogP contribution is -2.16. The normalized spacial score (nSPS) is 13.0. The van der Waals surface area contributed by atoms with Crippen molar-refractivity contribution in [3.63, 3.8) is 0 Å². The molecular weight excluding hydrogens is 857 g/mol. The molecule has 1 aliphatic rings. The Bertz CT molecular complexity index is 3570. The van der Waals surface area contributed by atoms with Crippen molar-refractivity contribution in [3.8, 4) is 39.6 Å². The summed E-state index contributed by atoms with van der Waals surface area (Å²) in [6, 6.07) is 70.7. The first-order valence-corrected chi connectivity index (χ1v) is 23.4. The van der Waals surface area contributed by atoms with Crippen LogP contribution in [0.2, 0.25) is 0 Å². The Labute approximate surface area is 407 Å². The molecule has 2 heterocycles. The number of nitrogens with zero attached hydrogens (tertiary/aromatic N) is 7. The summed E-state index contributed by atoms with van der Waals surface area (Å²) in [6.07, 6.45) is 12.7. The molecule has 0 radical (unpaired) electrons. The third kappa shape index (κ3) is 8.85. The quantitative estimate of drug-likeness (QED) is 0.103. The van der Waals surface area contributed by atoms with Crippen LogP contribution in [0.4, 0.5) is 11.6 Å². The highest BCUT2D eigenvalue weighted by molar-refractivity contribution is 6.12. The molecule has 0 saturated heterocycles. The van der Waals surface area contributed by atoms with Crippen LogP contribution in [0.1, 0.15) is 28.2 Å². The molecule has 2 N–H and O–H groups in total.